The Balaban J connectivity index is 1.19. The Morgan fingerprint density at radius 3 is 2.43 bits per heavy atom. The lowest BCUT2D eigenvalue weighted by atomic mass is 10.2. The van der Waals surface area contributed by atoms with Crippen LogP contribution in [0.2, 0.25) is 0 Å². The number of para-hydroxylation sites is 1. The number of hydrogen-bond donors (Lipinski definition) is 1. The molecule has 0 aliphatic heterocycles. The SMILES string of the molecule is CC(=O)n1cc(/C=N/NC(=O)c2ccc(COc3ccc(-n4c(C)ccc4C)cc3)o2)c2ccccc21. The summed E-state index contributed by atoms with van der Waals surface area (Å²) in [5, 5.41) is 4.90. The predicted octanol–water partition coefficient (Wildman–Crippen LogP) is 5.64. The lowest BCUT2D eigenvalue weighted by Gasteiger charge is -2.10. The maximum atomic E-state index is 12.5. The van der Waals surface area contributed by atoms with Gasteiger partial charge in [-0.25, -0.2) is 5.43 Å². The first kappa shape index (κ1) is 23.9. The second-order valence-electron chi connectivity index (χ2n) is 8.69. The second-order valence-corrected chi connectivity index (χ2v) is 8.69. The number of benzene rings is 2. The Bertz CT molecular complexity index is 1600. The highest BCUT2D eigenvalue weighted by Gasteiger charge is 2.12. The summed E-state index contributed by atoms with van der Waals surface area (Å²) in [6.45, 7) is 5.82. The van der Waals surface area contributed by atoms with Crippen LogP contribution >= 0.6 is 0 Å². The van der Waals surface area contributed by atoms with E-state index >= 15 is 0 Å². The number of aromatic nitrogens is 2. The molecular weight excluding hydrogens is 468 g/mol. The van der Waals surface area contributed by atoms with Gasteiger partial charge in [0, 0.05) is 41.1 Å². The summed E-state index contributed by atoms with van der Waals surface area (Å²) in [5.41, 5.74) is 7.36. The third-order valence-electron chi connectivity index (χ3n) is 6.08. The molecule has 8 heteroatoms. The van der Waals surface area contributed by atoms with Gasteiger partial charge in [-0.1, -0.05) is 18.2 Å². The zero-order valence-corrected chi connectivity index (χ0v) is 20.8. The van der Waals surface area contributed by atoms with Crippen molar-refractivity contribution in [3.05, 3.63) is 107 Å². The fourth-order valence-electron chi connectivity index (χ4n) is 4.28. The van der Waals surface area contributed by atoms with Gasteiger partial charge < -0.3 is 13.7 Å². The number of fused-ring (bicyclic) bond motifs is 1. The van der Waals surface area contributed by atoms with E-state index in [1.54, 1.807) is 22.9 Å². The van der Waals surface area contributed by atoms with Crippen LogP contribution in [-0.4, -0.2) is 27.2 Å². The smallest absolute Gasteiger partial charge is 0.307 e. The molecule has 2 aromatic carbocycles. The molecule has 5 aromatic rings. The van der Waals surface area contributed by atoms with E-state index in [1.165, 1.54) is 24.5 Å². The van der Waals surface area contributed by atoms with Gasteiger partial charge in [0.15, 0.2) is 5.76 Å². The lowest BCUT2D eigenvalue weighted by Crippen LogP contribution is -2.16. The number of furan rings is 1. The molecule has 0 aliphatic carbocycles. The molecule has 37 heavy (non-hydrogen) atoms. The Kier molecular flexibility index (Phi) is 6.47. The van der Waals surface area contributed by atoms with Crippen molar-refractivity contribution in [2.45, 2.75) is 27.4 Å². The zero-order valence-electron chi connectivity index (χ0n) is 20.8. The molecule has 1 N–H and O–H groups in total. The predicted molar refractivity (Wildman–Crippen MR) is 142 cm³/mol. The highest BCUT2D eigenvalue weighted by atomic mass is 16.5. The number of carbonyl (C=O) groups excluding carboxylic acids is 2. The Morgan fingerprint density at radius 2 is 1.70 bits per heavy atom. The van der Waals surface area contributed by atoms with E-state index in [4.69, 9.17) is 9.15 Å². The first-order valence-electron chi connectivity index (χ1n) is 11.8. The Labute approximate surface area is 213 Å². The molecule has 186 valence electrons. The fraction of sp³-hybridized carbons (Fsp3) is 0.138. The monoisotopic (exact) mass is 494 g/mol. The van der Waals surface area contributed by atoms with Gasteiger partial charge in [0.05, 0.1) is 11.7 Å². The van der Waals surface area contributed by atoms with Crippen LogP contribution in [0, 0.1) is 13.8 Å². The number of carbonyl (C=O) groups is 2. The molecule has 0 fully saturated rings. The number of hydrazone groups is 1. The van der Waals surface area contributed by atoms with Gasteiger partial charge in [-0.3, -0.25) is 14.2 Å². The number of rotatable bonds is 7. The highest BCUT2D eigenvalue weighted by Crippen LogP contribution is 2.22. The Morgan fingerprint density at radius 1 is 0.973 bits per heavy atom. The van der Waals surface area contributed by atoms with Crippen molar-refractivity contribution < 1.29 is 18.7 Å². The van der Waals surface area contributed by atoms with Crippen LogP contribution in [0.3, 0.4) is 0 Å². The summed E-state index contributed by atoms with van der Waals surface area (Å²) in [6.07, 6.45) is 3.20. The quantitative estimate of drug-likeness (QED) is 0.234. The van der Waals surface area contributed by atoms with Crippen LogP contribution < -0.4 is 10.2 Å². The molecule has 0 atom stereocenters. The average Bonchev–Trinajstić information content (AvgIpc) is 3.61. The van der Waals surface area contributed by atoms with Crippen molar-refractivity contribution in [1.29, 1.82) is 0 Å². The fourth-order valence-corrected chi connectivity index (χ4v) is 4.28. The zero-order chi connectivity index (χ0) is 25.9. The first-order valence-corrected chi connectivity index (χ1v) is 11.8. The molecule has 0 spiro atoms. The van der Waals surface area contributed by atoms with Crippen molar-refractivity contribution in [2.24, 2.45) is 5.10 Å². The van der Waals surface area contributed by atoms with Crippen molar-refractivity contribution in [1.82, 2.24) is 14.6 Å². The number of nitrogens with one attached hydrogen (secondary N) is 1. The molecule has 0 unspecified atom stereocenters. The molecule has 0 bridgehead atoms. The molecule has 0 saturated carbocycles. The summed E-state index contributed by atoms with van der Waals surface area (Å²) in [5.74, 6) is 0.741. The molecule has 3 aromatic heterocycles. The van der Waals surface area contributed by atoms with E-state index in [0.717, 1.165) is 16.6 Å². The highest BCUT2D eigenvalue weighted by molar-refractivity contribution is 6.03. The van der Waals surface area contributed by atoms with Crippen LogP contribution in [0.1, 0.15) is 45.0 Å². The summed E-state index contributed by atoms with van der Waals surface area (Å²) in [7, 11) is 0. The van der Waals surface area contributed by atoms with Gasteiger partial charge >= 0.3 is 5.91 Å². The second kappa shape index (κ2) is 10.0. The minimum atomic E-state index is -0.486. The summed E-state index contributed by atoms with van der Waals surface area (Å²) < 4.78 is 15.2. The van der Waals surface area contributed by atoms with E-state index in [-0.39, 0.29) is 18.3 Å². The number of hydrogen-bond acceptors (Lipinski definition) is 5. The third-order valence-corrected chi connectivity index (χ3v) is 6.08. The van der Waals surface area contributed by atoms with E-state index < -0.39 is 5.91 Å². The van der Waals surface area contributed by atoms with Gasteiger partial charge in [0.25, 0.3) is 0 Å². The normalized spacial score (nSPS) is 11.3. The molecule has 0 aliphatic rings. The molecule has 1 amide bonds. The minimum Gasteiger partial charge on any atom is -0.486 e. The molecule has 0 radical (unpaired) electrons. The van der Waals surface area contributed by atoms with E-state index in [2.05, 4.69) is 41.1 Å². The maximum absolute atomic E-state index is 12.5. The van der Waals surface area contributed by atoms with Gasteiger partial charge in [-0.05, 0) is 68.4 Å². The van der Waals surface area contributed by atoms with Gasteiger partial charge in [-0.2, -0.15) is 5.10 Å². The summed E-state index contributed by atoms with van der Waals surface area (Å²) in [4.78, 5) is 24.4. The number of ether oxygens (including phenoxy) is 1. The molecule has 0 saturated heterocycles. The number of aryl methyl sites for hydroxylation is 2. The Hall–Kier alpha value is -4.85. The maximum Gasteiger partial charge on any atom is 0.307 e. The van der Waals surface area contributed by atoms with E-state index in [0.29, 0.717) is 17.1 Å². The average molecular weight is 495 g/mol. The van der Waals surface area contributed by atoms with E-state index in [9.17, 15) is 9.59 Å². The summed E-state index contributed by atoms with van der Waals surface area (Å²) in [6, 6.07) is 22.8. The van der Waals surface area contributed by atoms with Crippen LogP contribution in [0.4, 0.5) is 0 Å². The van der Waals surface area contributed by atoms with E-state index in [1.807, 2.05) is 48.5 Å². The van der Waals surface area contributed by atoms with Gasteiger partial charge in [-0.15, -0.1) is 0 Å². The molecule has 3 heterocycles. The lowest BCUT2D eigenvalue weighted by molar-refractivity contribution is 0.0920. The molecular formula is C29H26N4O4. The van der Waals surface area contributed by atoms with Crippen molar-refractivity contribution in [2.75, 3.05) is 0 Å². The van der Waals surface area contributed by atoms with Crippen LogP contribution in [0.25, 0.3) is 16.6 Å². The summed E-state index contributed by atoms with van der Waals surface area (Å²) >= 11 is 0. The first-order chi connectivity index (χ1) is 17.9. The molecule has 5 rings (SSSR count). The number of amides is 1. The van der Waals surface area contributed by atoms with Crippen LogP contribution in [-0.2, 0) is 6.61 Å². The standard InChI is InChI=1S/C29H26N4O4/c1-19-8-9-20(2)33(19)23-10-12-24(13-11-23)36-18-25-14-15-28(37-25)29(35)31-30-16-22-17-32(21(3)34)27-7-5-4-6-26(22)27/h4-17H,18H2,1-3H3,(H,31,35)/b30-16+. The van der Waals surface area contributed by atoms with Crippen LogP contribution in [0.5, 0.6) is 5.75 Å². The van der Waals surface area contributed by atoms with Crippen LogP contribution in [0.15, 0.2) is 88.5 Å². The van der Waals surface area contributed by atoms with Gasteiger partial charge in [0.2, 0.25) is 5.91 Å². The third kappa shape index (κ3) is 4.95. The minimum absolute atomic E-state index is 0.104. The largest absolute Gasteiger partial charge is 0.486 e. The van der Waals surface area contributed by atoms with Crippen molar-refractivity contribution in [3.8, 4) is 11.4 Å². The van der Waals surface area contributed by atoms with Crippen molar-refractivity contribution in [3.63, 3.8) is 0 Å². The van der Waals surface area contributed by atoms with Crippen molar-refractivity contribution >= 4 is 28.9 Å². The topological polar surface area (TPSA) is 90.8 Å². The van der Waals surface area contributed by atoms with Gasteiger partial charge in [0.1, 0.15) is 18.1 Å². The number of nitrogens with zero attached hydrogens (tertiary/aromatic N) is 3. The molecule has 8 nitrogen and oxygen atoms in total.